The average Bonchev–Trinajstić information content (AvgIpc) is 2.84. The first kappa shape index (κ1) is 14.2. The normalized spacial score (nSPS) is 11.1. The first-order valence-corrected chi connectivity index (χ1v) is 7.14. The number of fused-ring (bicyclic) bond motifs is 1. The van der Waals surface area contributed by atoms with E-state index in [4.69, 9.17) is 0 Å². The highest BCUT2D eigenvalue weighted by Crippen LogP contribution is 2.15. The van der Waals surface area contributed by atoms with Crippen LogP contribution in [0.25, 0.3) is 16.7 Å². The van der Waals surface area contributed by atoms with E-state index in [1.54, 1.807) is 16.9 Å². The summed E-state index contributed by atoms with van der Waals surface area (Å²) in [4.78, 5) is 25.7. The number of H-pyrrole nitrogens is 1. The molecule has 0 spiro atoms. The monoisotopic (exact) mass is 298 g/mol. The highest BCUT2D eigenvalue weighted by atomic mass is 16.1. The van der Waals surface area contributed by atoms with Crippen molar-refractivity contribution in [3.63, 3.8) is 0 Å². The molecular weight excluding hydrogens is 280 g/mol. The van der Waals surface area contributed by atoms with Crippen molar-refractivity contribution in [3.8, 4) is 5.82 Å². The molecule has 0 saturated carbocycles. The zero-order chi connectivity index (χ0) is 15.9. The van der Waals surface area contributed by atoms with E-state index in [-0.39, 0.29) is 5.56 Å². The third-order valence-electron chi connectivity index (χ3n) is 3.63. The van der Waals surface area contributed by atoms with Gasteiger partial charge in [0.1, 0.15) is 0 Å². The molecule has 7 heteroatoms. The Morgan fingerprint density at radius 1 is 1.32 bits per heavy atom. The van der Waals surface area contributed by atoms with Gasteiger partial charge in [-0.25, -0.2) is 14.6 Å². The minimum atomic E-state index is -0.187. The van der Waals surface area contributed by atoms with Gasteiger partial charge < -0.3 is 4.90 Å². The fourth-order valence-corrected chi connectivity index (χ4v) is 2.32. The lowest BCUT2D eigenvalue weighted by Gasteiger charge is -2.15. The van der Waals surface area contributed by atoms with Gasteiger partial charge in [0.25, 0.3) is 5.56 Å². The fourth-order valence-electron chi connectivity index (χ4n) is 2.32. The Hall–Kier alpha value is -2.70. The molecule has 0 aliphatic carbocycles. The van der Waals surface area contributed by atoms with Gasteiger partial charge in [0.05, 0.1) is 16.6 Å². The topological polar surface area (TPSA) is 79.7 Å². The molecule has 0 bridgehead atoms. The number of hydrogen-bond acceptors (Lipinski definition) is 5. The van der Waals surface area contributed by atoms with E-state index in [0.29, 0.717) is 22.7 Å². The molecule has 3 aromatic rings. The highest BCUT2D eigenvalue weighted by molar-refractivity contribution is 5.79. The van der Waals surface area contributed by atoms with Crippen molar-refractivity contribution < 1.29 is 0 Å². The minimum Gasteiger partial charge on any atom is -0.346 e. The Morgan fingerprint density at radius 3 is 2.73 bits per heavy atom. The van der Waals surface area contributed by atoms with Gasteiger partial charge in [0, 0.05) is 31.5 Å². The average molecular weight is 298 g/mol. The molecule has 0 aliphatic rings. The molecule has 0 amide bonds. The van der Waals surface area contributed by atoms with Crippen molar-refractivity contribution >= 4 is 16.9 Å². The Labute approximate surface area is 127 Å². The Balaban J connectivity index is 2.20. The van der Waals surface area contributed by atoms with E-state index < -0.39 is 0 Å². The fraction of sp³-hybridized carbons (Fsp3) is 0.333. The van der Waals surface area contributed by atoms with Crippen LogP contribution in [-0.4, -0.2) is 38.3 Å². The number of rotatable bonds is 3. The van der Waals surface area contributed by atoms with Crippen LogP contribution in [0.2, 0.25) is 0 Å². The molecule has 0 atom stereocenters. The number of nitrogens with one attached hydrogen (secondary N) is 1. The Kier molecular flexibility index (Phi) is 3.40. The smallest absolute Gasteiger partial charge is 0.261 e. The molecule has 0 fully saturated rings. The van der Waals surface area contributed by atoms with Crippen LogP contribution >= 0.6 is 0 Å². The third-order valence-corrected chi connectivity index (χ3v) is 3.63. The second-order valence-corrected chi connectivity index (χ2v) is 5.30. The van der Waals surface area contributed by atoms with Crippen LogP contribution in [-0.2, 0) is 0 Å². The first-order valence-electron chi connectivity index (χ1n) is 7.14. The molecule has 0 aliphatic heterocycles. The van der Waals surface area contributed by atoms with Crippen LogP contribution < -0.4 is 10.5 Å². The lowest BCUT2D eigenvalue weighted by Crippen LogP contribution is -2.22. The summed E-state index contributed by atoms with van der Waals surface area (Å²) in [5.41, 5.74) is 2.33. The zero-order valence-electron chi connectivity index (χ0n) is 13.1. The number of aromatic amines is 1. The lowest BCUT2D eigenvalue weighted by molar-refractivity contribution is 0.807. The molecule has 114 valence electrons. The van der Waals surface area contributed by atoms with Gasteiger partial charge in [0.2, 0.25) is 5.95 Å². The van der Waals surface area contributed by atoms with E-state index in [1.807, 2.05) is 38.8 Å². The molecular formula is C15H18N6O. The quantitative estimate of drug-likeness (QED) is 0.794. The van der Waals surface area contributed by atoms with Crippen molar-refractivity contribution in [1.29, 1.82) is 0 Å². The highest BCUT2D eigenvalue weighted by Gasteiger charge is 2.10. The lowest BCUT2D eigenvalue weighted by atomic mass is 10.3. The Bertz CT molecular complexity index is 895. The summed E-state index contributed by atoms with van der Waals surface area (Å²) in [5.74, 6) is 1.20. The maximum Gasteiger partial charge on any atom is 0.261 e. The number of hydrogen-bond donors (Lipinski definition) is 1. The maximum atomic E-state index is 12.2. The maximum absolute atomic E-state index is 12.2. The van der Waals surface area contributed by atoms with E-state index in [9.17, 15) is 4.79 Å². The van der Waals surface area contributed by atoms with Gasteiger partial charge in [-0.15, -0.1) is 0 Å². The molecule has 3 heterocycles. The van der Waals surface area contributed by atoms with Crippen LogP contribution in [0.15, 0.2) is 23.1 Å². The molecule has 0 radical (unpaired) electrons. The van der Waals surface area contributed by atoms with Gasteiger partial charge in [-0.1, -0.05) is 0 Å². The van der Waals surface area contributed by atoms with E-state index >= 15 is 0 Å². The first-order chi connectivity index (χ1) is 10.5. The van der Waals surface area contributed by atoms with Crippen molar-refractivity contribution in [1.82, 2.24) is 24.7 Å². The second-order valence-electron chi connectivity index (χ2n) is 5.30. The van der Waals surface area contributed by atoms with Crippen LogP contribution in [0.1, 0.15) is 18.3 Å². The van der Waals surface area contributed by atoms with Crippen LogP contribution in [0.3, 0.4) is 0 Å². The molecule has 0 aromatic carbocycles. The van der Waals surface area contributed by atoms with Crippen molar-refractivity contribution in [3.05, 3.63) is 40.1 Å². The summed E-state index contributed by atoms with van der Waals surface area (Å²) in [6.45, 7) is 6.65. The molecule has 0 unspecified atom stereocenters. The summed E-state index contributed by atoms with van der Waals surface area (Å²) < 4.78 is 1.75. The summed E-state index contributed by atoms with van der Waals surface area (Å²) in [6, 6.07) is 3.77. The molecule has 22 heavy (non-hydrogen) atoms. The van der Waals surface area contributed by atoms with Gasteiger partial charge >= 0.3 is 0 Å². The number of anilines is 1. The zero-order valence-corrected chi connectivity index (χ0v) is 13.1. The van der Waals surface area contributed by atoms with E-state index in [0.717, 1.165) is 17.9 Å². The third kappa shape index (κ3) is 2.34. The van der Waals surface area contributed by atoms with E-state index in [2.05, 4.69) is 20.1 Å². The summed E-state index contributed by atoms with van der Waals surface area (Å²) >= 11 is 0. The Morgan fingerprint density at radius 2 is 2.09 bits per heavy atom. The van der Waals surface area contributed by atoms with Crippen LogP contribution in [0.5, 0.6) is 0 Å². The SMILES string of the molecule is CCN(C)c1nc2cc(-n3nc(C)cc3C)ncc2c(=O)[nH]1. The van der Waals surface area contributed by atoms with Crippen molar-refractivity contribution in [2.75, 3.05) is 18.5 Å². The number of nitrogens with zero attached hydrogens (tertiary/aromatic N) is 5. The predicted octanol–water partition coefficient (Wildman–Crippen LogP) is 1.58. The number of aromatic nitrogens is 5. The standard InChI is InChI=1S/C15H18N6O/c1-5-20(4)15-17-12-7-13(16-8-11(12)14(22)18-15)21-10(3)6-9(2)19-21/h6-8H,5H2,1-4H3,(H,17,18,22). The molecule has 3 rings (SSSR count). The van der Waals surface area contributed by atoms with Crippen molar-refractivity contribution in [2.24, 2.45) is 0 Å². The molecule has 0 saturated heterocycles. The summed E-state index contributed by atoms with van der Waals surface area (Å²) in [5, 5.41) is 4.88. The van der Waals surface area contributed by atoms with Crippen LogP contribution in [0, 0.1) is 13.8 Å². The van der Waals surface area contributed by atoms with Crippen molar-refractivity contribution in [2.45, 2.75) is 20.8 Å². The second kappa shape index (κ2) is 5.25. The van der Waals surface area contributed by atoms with Gasteiger partial charge in [-0.3, -0.25) is 9.78 Å². The predicted molar refractivity (Wildman–Crippen MR) is 85.7 cm³/mol. The largest absolute Gasteiger partial charge is 0.346 e. The van der Waals surface area contributed by atoms with Gasteiger partial charge in [-0.2, -0.15) is 5.10 Å². The van der Waals surface area contributed by atoms with Crippen LogP contribution in [0.4, 0.5) is 5.95 Å². The molecule has 3 aromatic heterocycles. The molecule has 1 N–H and O–H groups in total. The number of aryl methyl sites for hydroxylation is 2. The number of pyridine rings is 1. The minimum absolute atomic E-state index is 0.187. The summed E-state index contributed by atoms with van der Waals surface area (Å²) in [6.07, 6.45) is 1.54. The van der Waals surface area contributed by atoms with E-state index in [1.165, 1.54) is 0 Å². The van der Waals surface area contributed by atoms with Gasteiger partial charge in [0.15, 0.2) is 5.82 Å². The van der Waals surface area contributed by atoms with Gasteiger partial charge in [-0.05, 0) is 26.8 Å². The molecule has 7 nitrogen and oxygen atoms in total. The summed E-state index contributed by atoms with van der Waals surface area (Å²) in [7, 11) is 1.88.